The van der Waals surface area contributed by atoms with Crippen LogP contribution in [0.5, 0.6) is 0 Å². The van der Waals surface area contributed by atoms with E-state index in [0.717, 1.165) is 24.1 Å². The van der Waals surface area contributed by atoms with Crippen LogP contribution in [0.4, 0.5) is 13.6 Å². The van der Waals surface area contributed by atoms with Gasteiger partial charge in [0.2, 0.25) is 0 Å². The molecule has 0 radical (unpaired) electrons. The number of likely N-dealkylation sites (tertiary alicyclic amines) is 1. The largest absolute Gasteiger partial charge is 0.465 e. The zero-order valence-electron chi connectivity index (χ0n) is 15.0. The van der Waals surface area contributed by atoms with E-state index in [0.29, 0.717) is 0 Å². The number of amides is 1. The summed E-state index contributed by atoms with van der Waals surface area (Å²) < 4.78 is 33.5. The second-order valence-corrected chi connectivity index (χ2v) is 7.29. The molecule has 1 amide bonds. The van der Waals surface area contributed by atoms with Crippen molar-refractivity contribution in [3.8, 4) is 0 Å². The molecule has 1 saturated heterocycles. The van der Waals surface area contributed by atoms with Gasteiger partial charge in [-0.1, -0.05) is 26.8 Å². The number of hydrogen-bond donors (Lipinski definition) is 1. The number of ketones is 1. The minimum absolute atomic E-state index is 0.385. The molecule has 1 aliphatic rings. The number of rotatable bonds is 3. The van der Waals surface area contributed by atoms with Crippen LogP contribution in [0.15, 0.2) is 18.2 Å². The quantitative estimate of drug-likeness (QED) is 0.653. The van der Waals surface area contributed by atoms with Crippen molar-refractivity contribution in [3.63, 3.8) is 0 Å². The highest BCUT2D eigenvalue weighted by atomic mass is 19.1. The average molecular weight is 369 g/mol. The number of nitrogens with zero attached hydrogens (tertiary/aromatic N) is 1. The first-order valence-corrected chi connectivity index (χ1v) is 8.03. The van der Waals surface area contributed by atoms with Crippen LogP contribution in [-0.4, -0.2) is 53.2 Å². The van der Waals surface area contributed by atoms with E-state index in [1.165, 1.54) is 6.07 Å². The Labute approximate surface area is 149 Å². The zero-order chi connectivity index (χ0) is 19.9. The van der Waals surface area contributed by atoms with Gasteiger partial charge in [0.1, 0.15) is 17.5 Å². The summed E-state index contributed by atoms with van der Waals surface area (Å²) in [6.45, 7) is 4.32. The van der Waals surface area contributed by atoms with Gasteiger partial charge in [0, 0.05) is 6.42 Å². The van der Waals surface area contributed by atoms with Crippen molar-refractivity contribution in [1.29, 1.82) is 0 Å². The van der Waals surface area contributed by atoms with E-state index in [1.807, 2.05) is 0 Å². The van der Waals surface area contributed by atoms with Gasteiger partial charge in [0.15, 0.2) is 5.78 Å². The lowest BCUT2D eigenvalue weighted by atomic mass is 9.67. The number of methoxy groups -OCH3 is 1. The van der Waals surface area contributed by atoms with Gasteiger partial charge in [-0.25, -0.2) is 18.4 Å². The summed E-state index contributed by atoms with van der Waals surface area (Å²) in [6, 6.07) is 3.61. The van der Waals surface area contributed by atoms with E-state index in [9.17, 15) is 28.3 Å². The molecule has 2 atom stereocenters. The molecule has 1 N–H and O–H groups in total. The average Bonchev–Trinajstić information content (AvgIpc) is 2.92. The van der Waals surface area contributed by atoms with Crippen LogP contribution in [0.25, 0.3) is 0 Å². The third-order valence-electron chi connectivity index (χ3n) is 4.85. The van der Waals surface area contributed by atoms with Gasteiger partial charge in [-0.3, -0.25) is 9.69 Å². The Bertz CT molecular complexity index is 758. The molecule has 0 bridgehead atoms. The number of ether oxygens (including phenoxy) is 1. The lowest BCUT2D eigenvalue weighted by molar-refractivity contribution is 0.0270. The standard InChI is InChI=1S/C18H21F2NO5/c1-17(2,3)18(8-10(19)9-21(18)16(24)25)14(22)11-6-5-7-12(13(11)20)15(23)26-4/h5-7,10H,8-9H2,1-4H3,(H,24,25)/t10-,18-/m1/s1. The summed E-state index contributed by atoms with van der Waals surface area (Å²) in [4.78, 5) is 37.4. The summed E-state index contributed by atoms with van der Waals surface area (Å²) in [6.07, 6.45) is -3.40. The molecule has 0 spiro atoms. The summed E-state index contributed by atoms with van der Waals surface area (Å²) in [5.41, 5.74) is -3.73. The highest BCUT2D eigenvalue weighted by Crippen LogP contribution is 2.47. The van der Waals surface area contributed by atoms with Crippen LogP contribution in [0.1, 0.15) is 47.9 Å². The first-order valence-electron chi connectivity index (χ1n) is 8.03. The normalized spacial score (nSPS) is 23.0. The van der Waals surface area contributed by atoms with E-state index in [-0.39, 0.29) is 6.42 Å². The molecule has 0 aromatic heterocycles. The fourth-order valence-corrected chi connectivity index (χ4v) is 3.56. The third-order valence-corrected chi connectivity index (χ3v) is 4.85. The molecule has 1 heterocycles. The van der Waals surface area contributed by atoms with Crippen molar-refractivity contribution < 1.29 is 33.0 Å². The van der Waals surface area contributed by atoms with Crippen LogP contribution >= 0.6 is 0 Å². The highest BCUT2D eigenvalue weighted by molar-refractivity contribution is 6.07. The lowest BCUT2D eigenvalue weighted by Gasteiger charge is -2.45. The molecule has 26 heavy (non-hydrogen) atoms. The van der Waals surface area contributed by atoms with Gasteiger partial charge in [-0.05, 0) is 17.5 Å². The fraction of sp³-hybridized carbons (Fsp3) is 0.500. The van der Waals surface area contributed by atoms with Gasteiger partial charge in [-0.2, -0.15) is 0 Å². The second-order valence-electron chi connectivity index (χ2n) is 7.29. The van der Waals surface area contributed by atoms with E-state index in [4.69, 9.17) is 0 Å². The Balaban J connectivity index is 2.68. The number of carbonyl (C=O) groups excluding carboxylic acids is 2. The molecule has 142 valence electrons. The highest BCUT2D eigenvalue weighted by Gasteiger charge is 2.60. The molecule has 0 unspecified atom stereocenters. The summed E-state index contributed by atoms with van der Waals surface area (Å²) in [7, 11) is 1.07. The Hall–Kier alpha value is -2.51. The Kier molecular flexibility index (Phi) is 5.07. The molecule has 8 heteroatoms. The minimum atomic E-state index is -1.80. The zero-order valence-corrected chi connectivity index (χ0v) is 15.0. The minimum Gasteiger partial charge on any atom is -0.465 e. The van der Waals surface area contributed by atoms with Crippen LogP contribution in [-0.2, 0) is 4.74 Å². The predicted octanol–water partition coefficient (Wildman–Crippen LogP) is 3.30. The van der Waals surface area contributed by atoms with Gasteiger partial charge in [-0.15, -0.1) is 0 Å². The SMILES string of the molecule is COC(=O)c1cccc(C(=O)[C@@]2(C(C)(C)C)C[C@@H](F)CN2C(=O)O)c1F. The number of alkyl halides is 1. The molecule has 1 aliphatic heterocycles. The van der Waals surface area contributed by atoms with Gasteiger partial charge < -0.3 is 9.84 Å². The molecule has 0 saturated carbocycles. The Morgan fingerprint density at radius 3 is 2.35 bits per heavy atom. The number of carboxylic acid groups (broad SMARTS) is 1. The number of hydrogen-bond acceptors (Lipinski definition) is 4. The Morgan fingerprint density at radius 2 is 1.85 bits per heavy atom. The van der Waals surface area contributed by atoms with Crippen LogP contribution in [0.3, 0.4) is 0 Å². The van der Waals surface area contributed by atoms with Gasteiger partial charge >= 0.3 is 12.1 Å². The smallest absolute Gasteiger partial charge is 0.408 e. The van der Waals surface area contributed by atoms with E-state index >= 15 is 0 Å². The topological polar surface area (TPSA) is 83.9 Å². The van der Waals surface area contributed by atoms with Crippen LogP contribution in [0, 0.1) is 11.2 Å². The van der Waals surface area contributed by atoms with E-state index in [1.54, 1.807) is 20.8 Å². The number of carbonyl (C=O) groups is 3. The van der Waals surface area contributed by atoms with Gasteiger partial charge in [0.25, 0.3) is 0 Å². The molecule has 1 fully saturated rings. The Morgan fingerprint density at radius 1 is 1.27 bits per heavy atom. The summed E-state index contributed by atoms with van der Waals surface area (Å²) in [5, 5.41) is 9.52. The first kappa shape index (κ1) is 19.8. The first-order chi connectivity index (χ1) is 12.0. The summed E-state index contributed by atoms with van der Waals surface area (Å²) in [5.74, 6) is -2.96. The van der Waals surface area contributed by atoms with Crippen molar-refractivity contribution in [3.05, 3.63) is 35.1 Å². The van der Waals surface area contributed by atoms with E-state index < -0.39 is 58.5 Å². The fourth-order valence-electron chi connectivity index (χ4n) is 3.56. The second kappa shape index (κ2) is 6.66. The lowest BCUT2D eigenvalue weighted by Crippen LogP contribution is -2.60. The predicted molar refractivity (Wildman–Crippen MR) is 88.5 cm³/mol. The molecule has 6 nitrogen and oxygen atoms in total. The van der Waals surface area contributed by atoms with Crippen molar-refractivity contribution >= 4 is 17.8 Å². The van der Waals surface area contributed by atoms with Crippen molar-refractivity contribution in [2.45, 2.75) is 38.9 Å². The number of esters is 1. The maximum atomic E-state index is 14.8. The number of benzene rings is 1. The molecule has 2 rings (SSSR count). The maximum absolute atomic E-state index is 14.8. The van der Waals surface area contributed by atoms with Crippen molar-refractivity contribution in [2.75, 3.05) is 13.7 Å². The maximum Gasteiger partial charge on any atom is 0.408 e. The van der Waals surface area contributed by atoms with E-state index in [2.05, 4.69) is 4.74 Å². The van der Waals surface area contributed by atoms with Crippen molar-refractivity contribution in [2.24, 2.45) is 5.41 Å². The van der Waals surface area contributed by atoms with Crippen molar-refractivity contribution in [1.82, 2.24) is 4.90 Å². The summed E-state index contributed by atoms with van der Waals surface area (Å²) >= 11 is 0. The number of halogens is 2. The number of Topliss-reactive ketones (excluding diaryl/α,β-unsaturated/α-hetero) is 1. The van der Waals surface area contributed by atoms with Gasteiger partial charge in [0.05, 0.1) is 24.8 Å². The molecular weight excluding hydrogens is 348 g/mol. The molecule has 1 aromatic rings. The molecular formula is C18H21F2NO5. The molecule has 0 aliphatic carbocycles. The van der Waals surface area contributed by atoms with Crippen LogP contribution in [0.2, 0.25) is 0 Å². The third kappa shape index (κ3) is 2.93. The molecule has 1 aromatic carbocycles. The van der Waals surface area contributed by atoms with Crippen LogP contribution < -0.4 is 0 Å². The monoisotopic (exact) mass is 369 g/mol.